The minimum atomic E-state index is 0.145. The topological polar surface area (TPSA) is 66.4 Å². The van der Waals surface area contributed by atoms with E-state index in [0.717, 1.165) is 70.0 Å². The molecule has 7 nitrogen and oxygen atoms in total. The summed E-state index contributed by atoms with van der Waals surface area (Å²) in [5.74, 6) is 0.470. The van der Waals surface area contributed by atoms with Gasteiger partial charge in [-0.25, -0.2) is 0 Å². The molecule has 1 unspecified atom stereocenters. The van der Waals surface area contributed by atoms with Crippen LogP contribution in [0.25, 0.3) is 0 Å². The highest BCUT2D eigenvalue weighted by Gasteiger charge is 2.29. The fourth-order valence-corrected chi connectivity index (χ4v) is 4.20. The lowest BCUT2D eigenvalue weighted by molar-refractivity contribution is 0.0339. The van der Waals surface area contributed by atoms with Gasteiger partial charge < -0.3 is 14.2 Å². The molecule has 1 atom stereocenters. The third-order valence-corrected chi connectivity index (χ3v) is 5.98. The Bertz CT molecular complexity index is 790. The Hall–Kier alpha value is -2.12. The third kappa shape index (κ3) is 3.80. The number of aromatic nitrogens is 3. The molecule has 7 heteroatoms. The van der Waals surface area contributed by atoms with Gasteiger partial charge in [0.15, 0.2) is 0 Å². The normalized spacial score (nSPS) is 21.6. The number of nitrogens with one attached hydrogen (secondary N) is 1. The van der Waals surface area contributed by atoms with Crippen molar-refractivity contribution in [3.8, 4) is 0 Å². The molecule has 146 valence electrons. The summed E-state index contributed by atoms with van der Waals surface area (Å²) in [6.45, 7) is 8.02. The monoisotopic (exact) mass is 371 g/mol. The number of likely N-dealkylation sites (tertiary alicyclic amines) is 1. The highest BCUT2D eigenvalue weighted by molar-refractivity contribution is 5.95. The molecule has 27 heavy (non-hydrogen) atoms. The molecule has 1 N–H and O–H groups in total. The SMILES string of the molecule is Cc1c(C(=O)N2CCCC(c3[nH]ncc3CN3CCOCC3)C2)ccn1C. The van der Waals surface area contributed by atoms with Crippen LogP contribution >= 0.6 is 0 Å². The third-order valence-electron chi connectivity index (χ3n) is 5.98. The molecular weight excluding hydrogens is 342 g/mol. The zero-order valence-corrected chi connectivity index (χ0v) is 16.3. The summed E-state index contributed by atoms with van der Waals surface area (Å²) in [6.07, 6.45) is 6.03. The number of aryl methyl sites for hydroxylation is 1. The second kappa shape index (κ2) is 7.86. The Kier molecular flexibility index (Phi) is 5.31. The van der Waals surface area contributed by atoms with Crippen molar-refractivity contribution in [1.82, 2.24) is 24.6 Å². The van der Waals surface area contributed by atoms with Crippen molar-refractivity contribution in [3.05, 3.63) is 41.0 Å². The molecule has 2 aromatic rings. The number of rotatable bonds is 4. The predicted molar refractivity (Wildman–Crippen MR) is 103 cm³/mol. The fraction of sp³-hybridized carbons (Fsp3) is 0.600. The molecule has 1 amide bonds. The molecule has 2 aromatic heterocycles. The van der Waals surface area contributed by atoms with Gasteiger partial charge in [0, 0.05) is 68.8 Å². The summed E-state index contributed by atoms with van der Waals surface area (Å²) >= 11 is 0. The average molecular weight is 371 g/mol. The van der Waals surface area contributed by atoms with Crippen molar-refractivity contribution in [2.24, 2.45) is 7.05 Å². The molecule has 0 spiro atoms. The quantitative estimate of drug-likeness (QED) is 0.892. The summed E-state index contributed by atoms with van der Waals surface area (Å²) in [6, 6.07) is 1.93. The lowest BCUT2D eigenvalue weighted by atomic mass is 9.92. The second-order valence-electron chi connectivity index (χ2n) is 7.71. The van der Waals surface area contributed by atoms with Gasteiger partial charge in [-0.1, -0.05) is 0 Å². The first kappa shape index (κ1) is 18.3. The highest BCUT2D eigenvalue weighted by Crippen LogP contribution is 2.29. The van der Waals surface area contributed by atoms with Crippen molar-refractivity contribution >= 4 is 5.91 Å². The van der Waals surface area contributed by atoms with Gasteiger partial charge in [-0.15, -0.1) is 0 Å². The summed E-state index contributed by atoms with van der Waals surface area (Å²) in [5, 5.41) is 7.55. The molecular formula is C20H29N5O2. The molecule has 0 aliphatic carbocycles. The Morgan fingerprint density at radius 1 is 1.33 bits per heavy atom. The van der Waals surface area contributed by atoms with E-state index in [2.05, 4.69) is 15.1 Å². The van der Waals surface area contributed by atoms with Crippen LogP contribution in [0, 0.1) is 6.92 Å². The van der Waals surface area contributed by atoms with Crippen molar-refractivity contribution in [1.29, 1.82) is 0 Å². The molecule has 0 aromatic carbocycles. The first-order valence-corrected chi connectivity index (χ1v) is 9.87. The van der Waals surface area contributed by atoms with Crippen molar-refractivity contribution in [2.75, 3.05) is 39.4 Å². The minimum absolute atomic E-state index is 0.145. The second-order valence-corrected chi connectivity index (χ2v) is 7.71. The van der Waals surface area contributed by atoms with Crippen LogP contribution in [0.1, 0.15) is 46.1 Å². The molecule has 4 rings (SSSR count). The first-order chi connectivity index (χ1) is 13.1. The number of piperidine rings is 1. The van der Waals surface area contributed by atoms with Gasteiger partial charge in [0.2, 0.25) is 0 Å². The van der Waals surface area contributed by atoms with Crippen molar-refractivity contribution in [3.63, 3.8) is 0 Å². The number of hydrogen-bond acceptors (Lipinski definition) is 4. The standard InChI is InChI=1S/C20H29N5O2/c1-15-18(5-7-23(15)2)20(26)25-6-3-4-16(14-25)19-17(12-21-22-19)13-24-8-10-27-11-9-24/h5,7,12,16H,3-4,6,8-11,13-14H2,1-2H3,(H,21,22). The Balaban J connectivity index is 1.46. The number of ether oxygens (including phenoxy) is 1. The number of nitrogens with zero attached hydrogens (tertiary/aromatic N) is 4. The number of H-pyrrole nitrogens is 1. The van der Waals surface area contributed by atoms with E-state index in [-0.39, 0.29) is 5.91 Å². The van der Waals surface area contributed by atoms with E-state index in [4.69, 9.17) is 4.74 Å². The maximum Gasteiger partial charge on any atom is 0.255 e. The molecule has 0 saturated carbocycles. The van der Waals surface area contributed by atoms with E-state index in [1.807, 2.05) is 41.9 Å². The Labute approximate surface area is 160 Å². The zero-order valence-electron chi connectivity index (χ0n) is 16.3. The van der Waals surface area contributed by atoms with Crippen molar-refractivity contribution in [2.45, 2.75) is 32.2 Å². The Morgan fingerprint density at radius 2 is 2.15 bits per heavy atom. The van der Waals surface area contributed by atoms with Gasteiger partial charge in [0.1, 0.15) is 0 Å². The van der Waals surface area contributed by atoms with Gasteiger partial charge in [-0.2, -0.15) is 5.10 Å². The van der Waals surface area contributed by atoms with E-state index in [0.29, 0.717) is 5.92 Å². The van der Waals surface area contributed by atoms with Gasteiger partial charge in [-0.05, 0) is 25.8 Å². The maximum absolute atomic E-state index is 13.0. The molecule has 2 aliphatic rings. The predicted octanol–water partition coefficient (Wildman–Crippen LogP) is 1.91. The first-order valence-electron chi connectivity index (χ1n) is 9.87. The summed E-state index contributed by atoms with van der Waals surface area (Å²) < 4.78 is 7.45. The van der Waals surface area contributed by atoms with Gasteiger partial charge >= 0.3 is 0 Å². The van der Waals surface area contributed by atoms with E-state index < -0.39 is 0 Å². The molecule has 2 aliphatic heterocycles. The lowest BCUT2D eigenvalue weighted by Gasteiger charge is -2.33. The smallest absolute Gasteiger partial charge is 0.255 e. The number of amides is 1. The summed E-state index contributed by atoms with van der Waals surface area (Å²) in [5.41, 5.74) is 4.30. The summed E-state index contributed by atoms with van der Waals surface area (Å²) in [7, 11) is 1.98. The number of aromatic amines is 1. The van der Waals surface area contributed by atoms with Crippen molar-refractivity contribution < 1.29 is 9.53 Å². The average Bonchev–Trinajstić information content (AvgIpc) is 3.29. The van der Waals surface area contributed by atoms with Gasteiger partial charge in [0.05, 0.1) is 25.0 Å². The minimum Gasteiger partial charge on any atom is -0.379 e. The largest absolute Gasteiger partial charge is 0.379 e. The van der Waals surface area contributed by atoms with Crippen LogP contribution < -0.4 is 0 Å². The van der Waals surface area contributed by atoms with Crippen LogP contribution in [-0.2, 0) is 18.3 Å². The van der Waals surface area contributed by atoms with Crippen LogP contribution in [0.4, 0.5) is 0 Å². The fourth-order valence-electron chi connectivity index (χ4n) is 4.20. The van der Waals surface area contributed by atoms with E-state index in [1.165, 1.54) is 11.3 Å². The van der Waals surface area contributed by atoms with E-state index >= 15 is 0 Å². The van der Waals surface area contributed by atoms with Crippen LogP contribution in [0.5, 0.6) is 0 Å². The maximum atomic E-state index is 13.0. The number of morpholine rings is 1. The summed E-state index contributed by atoms with van der Waals surface area (Å²) in [4.78, 5) is 17.4. The molecule has 2 fully saturated rings. The van der Waals surface area contributed by atoms with Crippen LogP contribution in [-0.4, -0.2) is 69.9 Å². The lowest BCUT2D eigenvalue weighted by Crippen LogP contribution is -2.40. The number of carbonyl (C=O) groups is 1. The van der Waals surface area contributed by atoms with Crippen LogP contribution in [0.15, 0.2) is 18.5 Å². The van der Waals surface area contributed by atoms with Crippen LogP contribution in [0.2, 0.25) is 0 Å². The van der Waals surface area contributed by atoms with E-state index in [9.17, 15) is 4.79 Å². The molecule has 0 bridgehead atoms. The Morgan fingerprint density at radius 3 is 2.89 bits per heavy atom. The molecule has 4 heterocycles. The zero-order chi connectivity index (χ0) is 18.8. The molecule has 2 saturated heterocycles. The number of hydrogen-bond donors (Lipinski definition) is 1. The highest BCUT2D eigenvalue weighted by atomic mass is 16.5. The molecule has 0 radical (unpaired) electrons. The van der Waals surface area contributed by atoms with Gasteiger partial charge in [-0.3, -0.25) is 14.8 Å². The number of carbonyl (C=O) groups excluding carboxylic acids is 1. The van der Waals surface area contributed by atoms with Gasteiger partial charge in [0.25, 0.3) is 5.91 Å². The van der Waals surface area contributed by atoms with E-state index in [1.54, 1.807) is 0 Å². The van der Waals surface area contributed by atoms with Crippen LogP contribution in [0.3, 0.4) is 0 Å².